The minimum absolute atomic E-state index is 0.0192. The molecule has 0 bridgehead atoms. The van der Waals surface area contributed by atoms with Gasteiger partial charge in [0.05, 0.1) is 12.7 Å². The fraction of sp³-hybridized carbons (Fsp3) is 0.353. The van der Waals surface area contributed by atoms with Gasteiger partial charge in [-0.05, 0) is 31.4 Å². The number of likely N-dealkylation sites (N-methyl/N-ethyl adjacent to an activating group) is 1. The van der Waals surface area contributed by atoms with Crippen LogP contribution in [0.4, 0.5) is 5.82 Å². The van der Waals surface area contributed by atoms with E-state index in [0.29, 0.717) is 5.82 Å². The van der Waals surface area contributed by atoms with E-state index in [9.17, 15) is 4.79 Å². The highest BCUT2D eigenvalue weighted by Gasteiger charge is 2.12. The maximum absolute atomic E-state index is 12.1. The van der Waals surface area contributed by atoms with Gasteiger partial charge < -0.3 is 10.2 Å². The maximum Gasteiger partial charge on any atom is 0.239 e. The summed E-state index contributed by atoms with van der Waals surface area (Å²) in [6.45, 7) is 4.37. The SMILES string of the molecule is Cc1ccccc1CC(C)NC(=O)CN(C)c1cnccn1. The Hall–Kier alpha value is -2.43. The Morgan fingerprint density at radius 1 is 1.32 bits per heavy atom. The predicted octanol–water partition coefficient (Wildman–Crippen LogP) is 1.97. The second-order valence-corrected chi connectivity index (χ2v) is 5.52. The molecule has 5 heteroatoms. The minimum atomic E-state index is -0.0192. The van der Waals surface area contributed by atoms with E-state index < -0.39 is 0 Å². The fourth-order valence-electron chi connectivity index (χ4n) is 2.33. The van der Waals surface area contributed by atoms with Crippen molar-refractivity contribution in [2.24, 2.45) is 0 Å². The zero-order valence-corrected chi connectivity index (χ0v) is 13.3. The molecular formula is C17H22N4O. The van der Waals surface area contributed by atoms with Crippen LogP contribution in [-0.2, 0) is 11.2 Å². The Bertz CT molecular complexity index is 615. The topological polar surface area (TPSA) is 58.1 Å². The van der Waals surface area contributed by atoms with E-state index in [2.05, 4.69) is 34.3 Å². The summed E-state index contributed by atoms with van der Waals surface area (Å²) in [6, 6.07) is 8.33. The van der Waals surface area contributed by atoms with Crippen LogP contribution < -0.4 is 10.2 Å². The normalized spacial score (nSPS) is 11.8. The summed E-state index contributed by atoms with van der Waals surface area (Å²) >= 11 is 0. The van der Waals surface area contributed by atoms with Crippen LogP contribution in [0.1, 0.15) is 18.1 Å². The number of nitrogens with one attached hydrogen (secondary N) is 1. The molecule has 1 aromatic heterocycles. The third kappa shape index (κ3) is 4.55. The first kappa shape index (κ1) is 15.9. The first-order chi connectivity index (χ1) is 10.6. The summed E-state index contributed by atoms with van der Waals surface area (Å²) in [5.74, 6) is 0.665. The Morgan fingerprint density at radius 2 is 2.09 bits per heavy atom. The molecule has 22 heavy (non-hydrogen) atoms. The zero-order valence-electron chi connectivity index (χ0n) is 13.3. The second-order valence-electron chi connectivity index (χ2n) is 5.52. The van der Waals surface area contributed by atoms with Crippen LogP contribution in [0.3, 0.4) is 0 Å². The van der Waals surface area contributed by atoms with Crippen molar-refractivity contribution in [1.82, 2.24) is 15.3 Å². The van der Waals surface area contributed by atoms with E-state index in [1.807, 2.05) is 26.1 Å². The molecule has 0 fully saturated rings. The largest absolute Gasteiger partial charge is 0.352 e. The molecule has 5 nitrogen and oxygen atoms in total. The van der Waals surface area contributed by atoms with Gasteiger partial charge >= 0.3 is 0 Å². The van der Waals surface area contributed by atoms with Crippen LogP contribution in [-0.4, -0.2) is 35.5 Å². The summed E-state index contributed by atoms with van der Waals surface area (Å²) < 4.78 is 0. The Kier molecular flexibility index (Phi) is 5.47. The highest BCUT2D eigenvalue weighted by atomic mass is 16.2. The van der Waals surface area contributed by atoms with E-state index in [1.165, 1.54) is 11.1 Å². The van der Waals surface area contributed by atoms with Crippen LogP contribution >= 0.6 is 0 Å². The molecule has 1 aromatic carbocycles. The first-order valence-electron chi connectivity index (χ1n) is 7.37. The van der Waals surface area contributed by atoms with Crippen LogP contribution in [0.5, 0.6) is 0 Å². The number of aromatic nitrogens is 2. The third-order valence-electron chi connectivity index (χ3n) is 3.52. The quantitative estimate of drug-likeness (QED) is 0.886. The predicted molar refractivity (Wildman–Crippen MR) is 87.8 cm³/mol. The summed E-state index contributed by atoms with van der Waals surface area (Å²) in [6.07, 6.45) is 5.70. The highest BCUT2D eigenvalue weighted by Crippen LogP contribution is 2.10. The molecule has 0 aliphatic heterocycles. The second kappa shape index (κ2) is 7.54. The molecule has 1 N–H and O–H groups in total. The molecule has 2 aromatic rings. The minimum Gasteiger partial charge on any atom is -0.352 e. The van der Waals surface area contributed by atoms with Gasteiger partial charge in [-0.3, -0.25) is 9.78 Å². The lowest BCUT2D eigenvalue weighted by atomic mass is 10.0. The van der Waals surface area contributed by atoms with Gasteiger partial charge in [0.15, 0.2) is 0 Å². The van der Waals surface area contributed by atoms with Gasteiger partial charge in [-0.15, -0.1) is 0 Å². The standard InChI is InChI=1S/C17H22N4O/c1-13-6-4-5-7-15(13)10-14(2)20-17(22)12-21(3)16-11-18-8-9-19-16/h4-9,11,14H,10,12H2,1-3H3,(H,20,22). The van der Waals surface area contributed by atoms with Crippen molar-refractivity contribution in [1.29, 1.82) is 0 Å². The van der Waals surface area contributed by atoms with Crippen molar-refractivity contribution in [3.05, 3.63) is 54.0 Å². The zero-order chi connectivity index (χ0) is 15.9. The van der Waals surface area contributed by atoms with E-state index in [0.717, 1.165) is 6.42 Å². The number of benzene rings is 1. The van der Waals surface area contributed by atoms with Crippen molar-refractivity contribution in [2.75, 3.05) is 18.5 Å². The Labute approximate surface area is 131 Å². The van der Waals surface area contributed by atoms with Crippen molar-refractivity contribution in [2.45, 2.75) is 26.3 Å². The van der Waals surface area contributed by atoms with Gasteiger partial charge in [0.1, 0.15) is 5.82 Å². The van der Waals surface area contributed by atoms with E-state index in [-0.39, 0.29) is 18.5 Å². The summed E-state index contributed by atoms with van der Waals surface area (Å²) in [7, 11) is 1.83. The number of nitrogens with zero attached hydrogens (tertiary/aromatic N) is 3. The highest BCUT2D eigenvalue weighted by molar-refractivity contribution is 5.81. The van der Waals surface area contributed by atoms with E-state index in [4.69, 9.17) is 0 Å². The molecule has 0 radical (unpaired) electrons. The van der Waals surface area contributed by atoms with Crippen molar-refractivity contribution in [3.63, 3.8) is 0 Å². The van der Waals surface area contributed by atoms with Crippen molar-refractivity contribution >= 4 is 11.7 Å². The van der Waals surface area contributed by atoms with Gasteiger partial charge in [0.25, 0.3) is 0 Å². The molecule has 0 saturated carbocycles. The number of hydrogen-bond acceptors (Lipinski definition) is 4. The number of carbonyl (C=O) groups is 1. The summed E-state index contributed by atoms with van der Waals surface area (Å²) in [5, 5.41) is 3.03. The molecule has 0 aliphatic rings. The number of amides is 1. The number of carbonyl (C=O) groups excluding carboxylic acids is 1. The summed E-state index contributed by atoms with van der Waals surface area (Å²) in [5.41, 5.74) is 2.51. The molecule has 1 amide bonds. The number of aryl methyl sites for hydroxylation is 1. The fourth-order valence-corrected chi connectivity index (χ4v) is 2.33. The van der Waals surface area contributed by atoms with Gasteiger partial charge in [-0.2, -0.15) is 0 Å². The summed E-state index contributed by atoms with van der Waals surface area (Å²) in [4.78, 5) is 22.1. The molecule has 1 unspecified atom stereocenters. The van der Waals surface area contributed by atoms with Crippen molar-refractivity contribution < 1.29 is 4.79 Å². The van der Waals surface area contributed by atoms with Crippen LogP contribution in [0.25, 0.3) is 0 Å². The average molecular weight is 298 g/mol. The van der Waals surface area contributed by atoms with Gasteiger partial charge in [0.2, 0.25) is 5.91 Å². The average Bonchev–Trinajstić information content (AvgIpc) is 2.50. The van der Waals surface area contributed by atoms with Gasteiger partial charge in [-0.25, -0.2) is 4.98 Å². The number of hydrogen-bond donors (Lipinski definition) is 1. The monoisotopic (exact) mass is 298 g/mol. The molecule has 0 spiro atoms. The lowest BCUT2D eigenvalue weighted by Crippen LogP contribution is -2.41. The molecule has 1 atom stereocenters. The first-order valence-corrected chi connectivity index (χ1v) is 7.37. The van der Waals surface area contributed by atoms with Gasteiger partial charge in [0, 0.05) is 25.5 Å². The Morgan fingerprint density at radius 3 is 2.77 bits per heavy atom. The molecule has 1 heterocycles. The smallest absolute Gasteiger partial charge is 0.239 e. The lowest BCUT2D eigenvalue weighted by Gasteiger charge is -2.20. The van der Waals surface area contributed by atoms with Gasteiger partial charge in [-0.1, -0.05) is 24.3 Å². The van der Waals surface area contributed by atoms with E-state index >= 15 is 0 Å². The number of anilines is 1. The molecule has 2 rings (SSSR count). The van der Waals surface area contributed by atoms with E-state index in [1.54, 1.807) is 23.5 Å². The third-order valence-corrected chi connectivity index (χ3v) is 3.52. The molecule has 0 saturated heterocycles. The van der Waals surface area contributed by atoms with Crippen molar-refractivity contribution in [3.8, 4) is 0 Å². The Balaban J connectivity index is 1.85. The molecular weight excluding hydrogens is 276 g/mol. The van der Waals surface area contributed by atoms with Crippen LogP contribution in [0.2, 0.25) is 0 Å². The molecule has 116 valence electrons. The van der Waals surface area contributed by atoms with Crippen LogP contribution in [0.15, 0.2) is 42.9 Å². The lowest BCUT2D eigenvalue weighted by molar-refractivity contribution is -0.120. The van der Waals surface area contributed by atoms with Crippen LogP contribution in [0, 0.1) is 6.92 Å². The number of rotatable bonds is 6. The maximum atomic E-state index is 12.1. The molecule has 0 aliphatic carbocycles.